The number of nitrogens with zero attached hydrogens (tertiary/aromatic N) is 1. The van der Waals surface area contributed by atoms with Crippen LogP contribution in [0.1, 0.15) is 13.2 Å². The first-order valence-corrected chi connectivity index (χ1v) is 9.51. The number of carbonyl (C=O) groups excluding carboxylic acids is 1. The number of aliphatic hydroxyl groups is 6. The molecule has 0 amide bonds. The van der Waals surface area contributed by atoms with Gasteiger partial charge in [-0.3, -0.25) is 19.1 Å². The van der Waals surface area contributed by atoms with Crippen LogP contribution in [0, 0.1) is 0 Å². The highest BCUT2D eigenvalue weighted by Crippen LogP contribution is 2.27. The summed E-state index contributed by atoms with van der Waals surface area (Å²) in [4.78, 5) is 35.0. The minimum Gasteiger partial charge on any atom is -0.434 e. The number of nitrogens with two attached hydrogens (primary N) is 1. The lowest BCUT2D eigenvalue weighted by molar-refractivity contribution is -0.258. The topological polar surface area (TPSA) is 247 Å². The summed E-state index contributed by atoms with van der Waals surface area (Å²) in [7, 11) is 0. The lowest BCUT2D eigenvalue weighted by atomic mass is 9.98. The van der Waals surface area contributed by atoms with Crippen molar-refractivity contribution < 1.29 is 49.6 Å². The van der Waals surface area contributed by atoms with Crippen molar-refractivity contribution in [1.82, 2.24) is 9.55 Å². The van der Waals surface area contributed by atoms with Gasteiger partial charge < -0.3 is 50.6 Å². The standard InChI is InChI=1S/C9H12N2O6.C8H15NO6/c12-3-4-6(14)7(15)8(17-4)11-2-1-5(13)10-9(11)16;1-3(11)14-8-5(9)7(13)6(12)4(2-10)15-8/h1-2,4,6-8,12,14-15H,3H2,(H,10,13,16);4-8,10,12-13H,2,9H2,1H3/t4-,6-,7-,8-;4-,5-,6-,7-,8?/m11/s1. The Balaban J connectivity index is 0.000000229. The number of aliphatic hydroxyl groups excluding tert-OH is 6. The summed E-state index contributed by atoms with van der Waals surface area (Å²) in [6.07, 6.45) is -8.35. The number of H-pyrrole nitrogens is 1. The lowest BCUT2D eigenvalue weighted by Gasteiger charge is -2.39. The van der Waals surface area contributed by atoms with Gasteiger partial charge in [0.1, 0.15) is 36.6 Å². The molecule has 0 aliphatic carbocycles. The number of hydrogen-bond acceptors (Lipinski definition) is 13. The molecule has 2 aliphatic heterocycles. The highest BCUT2D eigenvalue weighted by Gasteiger charge is 2.44. The van der Waals surface area contributed by atoms with E-state index >= 15 is 0 Å². The number of esters is 1. The number of nitrogens with one attached hydrogen (secondary N) is 1. The van der Waals surface area contributed by atoms with Gasteiger partial charge in [-0.25, -0.2) is 4.79 Å². The summed E-state index contributed by atoms with van der Waals surface area (Å²) in [5, 5.41) is 55.8. The van der Waals surface area contributed by atoms with Gasteiger partial charge in [0.05, 0.1) is 19.3 Å². The first kappa shape index (κ1) is 26.0. The Kier molecular flexibility index (Phi) is 9.02. The third kappa shape index (κ3) is 5.77. The zero-order valence-corrected chi connectivity index (χ0v) is 16.9. The van der Waals surface area contributed by atoms with E-state index in [4.69, 9.17) is 25.4 Å². The fourth-order valence-electron chi connectivity index (χ4n) is 3.11. The van der Waals surface area contributed by atoms with Crippen molar-refractivity contribution in [2.45, 2.75) is 62.1 Å². The van der Waals surface area contributed by atoms with Crippen molar-refractivity contribution in [1.29, 1.82) is 0 Å². The monoisotopic (exact) mass is 465 g/mol. The minimum absolute atomic E-state index is 0.479. The Morgan fingerprint density at radius 3 is 2.12 bits per heavy atom. The summed E-state index contributed by atoms with van der Waals surface area (Å²) in [6, 6.07) is 0.0579. The van der Waals surface area contributed by atoms with Gasteiger partial charge in [0.25, 0.3) is 5.56 Å². The normalized spacial score (nSPS) is 36.8. The zero-order chi connectivity index (χ0) is 24.2. The van der Waals surface area contributed by atoms with Gasteiger partial charge in [0.2, 0.25) is 6.29 Å². The molecule has 9 N–H and O–H groups in total. The third-order valence-corrected chi connectivity index (χ3v) is 4.85. The molecule has 0 aromatic carbocycles. The molecule has 1 unspecified atom stereocenters. The van der Waals surface area contributed by atoms with Gasteiger partial charge in [0, 0.05) is 19.2 Å². The van der Waals surface area contributed by atoms with Crippen molar-refractivity contribution in [3.63, 3.8) is 0 Å². The van der Waals surface area contributed by atoms with Crippen LogP contribution < -0.4 is 17.0 Å². The Bertz CT molecular complexity index is 873. The van der Waals surface area contributed by atoms with Gasteiger partial charge in [-0.1, -0.05) is 0 Å². The Hall–Kier alpha value is -2.21. The maximum absolute atomic E-state index is 11.4. The van der Waals surface area contributed by atoms with Crippen LogP contribution in [0.15, 0.2) is 21.9 Å². The van der Waals surface area contributed by atoms with E-state index in [0.29, 0.717) is 0 Å². The fraction of sp³-hybridized carbons (Fsp3) is 0.706. The molecule has 3 heterocycles. The number of carbonyl (C=O) groups is 1. The molecule has 182 valence electrons. The predicted molar refractivity (Wildman–Crippen MR) is 102 cm³/mol. The molecule has 3 rings (SSSR count). The summed E-state index contributed by atoms with van der Waals surface area (Å²) in [6.45, 7) is 0.191. The van der Waals surface area contributed by atoms with Crippen LogP contribution in [-0.2, 0) is 19.0 Å². The SMILES string of the molecule is CC(=O)OC1O[C@H](CO)[C@@H](O)[C@H](O)[C@H]1N.O=c1ccn([C@@H]2O[C@H](CO)[C@@H](O)[C@H]2O)c(=O)[nH]1. The average molecular weight is 465 g/mol. The largest absolute Gasteiger partial charge is 0.434 e. The van der Waals surface area contributed by atoms with E-state index in [2.05, 4.69) is 4.74 Å². The molecule has 0 bridgehead atoms. The fourth-order valence-corrected chi connectivity index (χ4v) is 3.11. The second-order valence-electron chi connectivity index (χ2n) is 7.14. The number of rotatable bonds is 4. The molecular formula is C17H27N3O12. The van der Waals surface area contributed by atoms with Crippen molar-refractivity contribution in [2.24, 2.45) is 5.73 Å². The molecule has 0 spiro atoms. The van der Waals surface area contributed by atoms with Crippen molar-refractivity contribution in [2.75, 3.05) is 13.2 Å². The lowest BCUT2D eigenvalue weighted by Crippen LogP contribution is -2.62. The van der Waals surface area contributed by atoms with E-state index < -0.39 is 85.6 Å². The number of aromatic nitrogens is 2. The summed E-state index contributed by atoms with van der Waals surface area (Å²) in [5.41, 5.74) is 4.16. The highest BCUT2D eigenvalue weighted by atomic mass is 16.7. The molecule has 0 saturated carbocycles. The van der Waals surface area contributed by atoms with E-state index in [0.717, 1.165) is 16.8 Å². The maximum atomic E-state index is 11.4. The van der Waals surface area contributed by atoms with Gasteiger partial charge in [0.15, 0.2) is 6.23 Å². The Morgan fingerprint density at radius 1 is 1.06 bits per heavy atom. The van der Waals surface area contributed by atoms with Gasteiger partial charge in [-0.05, 0) is 0 Å². The molecule has 1 aromatic heterocycles. The Labute approximate surface area is 180 Å². The second-order valence-corrected chi connectivity index (χ2v) is 7.14. The second kappa shape index (κ2) is 11.1. The first-order chi connectivity index (χ1) is 15.0. The Morgan fingerprint density at radius 2 is 1.62 bits per heavy atom. The zero-order valence-electron chi connectivity index (χ0n) is 16.9. The van der Waals surface area contributed by atoms with Crippen molar-refractivity contribution >= 4 is 5.97 Å². The summed E-state index contributed by atoms with van der Waals surface area (Å²) < 4.78 is 15.8. The molecule has 0 radical (unpaired) electrons. The first-order valence-electron chi connectivity index (χ1n) is 9.51. The predicted octanol–water partition coefficient (Wildman–Crippen LogP) is -5.54. The molecule has 15 heteroatoms. The van der Waals surface area contributed by atoms with Gasteiger partial charge in [-0.2, -0.15) is 0 Å². The maximum Gasteiger partial charge on any atom is 0.330 e. The van der Waals surface area contributed by atoms with E-state index in [1.165, 1.54) is 6.92 Å². The molecular weight excluding hydrogens is 438 g/mol. The quantitative estimate of drug-likeness (QED) is 0.193. The molecule has 1 aromatic rings. The van der Waals surface area contributed by atoms with Crippen molar-refractivity contribution in [3.05, 3.63) is 33.1 Å². The summed E-state index contributed by atoms with van der Waals surface area (Å²) >= 11 is 0. The van der Waals surface area contributed by atoms with Crippen LogP contribution in [0.25, 0.3) is 0 Å². The van der Waals surface area contributed by atoms with Crippen LogP contribution in [0.5, 0.6) is 0 Å². The van der Waals surface area contributed by atoms with E-state index in [1.807, 2.05) is 4.98 Å². The minimum atomic E-state index is -1.35. The number of hydrogen-bond donors (Lipinski definition) is 8. The van der Waals surface area contributed by atoms with Crippen LogP contribution in [0.4, 0.5) is 0 Å². The van der Waals surface area contributed by atoms with Crippen LogP contribution >= 0.6 is 0 Å². The van der Waals surface area contributed by atoms with Crippen LogP contribution in [-0.4, -0.2) is 108 Å². The van der Waals surface area contributed by atoms with Gasteiger partial charge >= 0.3 is 11.7 Å². The van der Waals surface area contributed by atoms with Crippen LogP contribution in [0.3, 0.4) is 0 Å². The molecule has 9 atom stereocenters. The molecule has 2 aliphatic rings. The van der Waals surface area contributed by atoms with E-state index in [1.54, 1.807) is 0 Å². The van der Waals surface area contributed by atoms with Gasteiger partial charge in [-0.15, -0.1) is 0 Å². The number of aromatic amines is 1. The molecule has 15 nitrogen and oxygen atoms in total. The van der Waals surface area contributed by atoms with Crippen molar-refractivity contribution in [3.8, 4) is 0 Å². The molecule has 2 fully saturated rings. The highest BCUT2D eigenvalue weighted by molar-refractivity contribution is 5.66. The van der Waals surface area contributed by atoms with Crippen LogP contribution in [0.2, 0.25) is 0 Å². The third-order valence-electron chi connectivity index (χ3n) is 4.85. The molecule has 2 saturated heterocycles. The summed E-state index contributed by atoms with van der Waals surface area (Å²) in [5.74, 6) is -0.615. The van der Waals surface area contributed by atoms with E-state index in [9.17, 15) is 34.8 Å². The average Bonchev–Trinajstić information content (AvgIpc) is 3.02. The smallest absolute Gasteiger partial charge is 0.330 e. The van der Waals surface area contributed by atoms with E-state index in [-0.39, 0.29) is 0 Å². The number of ether oxygens (including phenoxy) is 3. The molecule has 32 heavy (non-hydrogen) atoms.